The number of hydrogen-bond acceptors (Lipinski definition) is 5. The summed E-state index contributed by atoms with van der Waals surface area (Å²) < 4.78 is 10.4. The fraction of sp³-hybridized carbons (Fsp3) is 0.636. The summed E-state index contributed by atoms with van der Waals surface area (Å²) >= 11 is 0. The lowest BCUT2D eigenvalue weighted by molar-refractivity contribution is -0.143. The number of carboxylic acid groups (broad SMARTS) is 1. The minimum atomic E-state index is -0.809. The molecule has 0 bridgehead atoms. The van der Waals surface area contributed by atoms with Gasteiger partial charge in [-0.3, -0.25) is 9.69 Å². The number of nitrogens with zero attached hydrogens (tertiary/aromatic N) is 2. The SMILES string of the molecule is Cc1ocnc1CN(C)C1COCC1C(=O)O. The number of aryl methyl sites for hydroxylation is 1. The van der Waals surface area contributed by atoms with E-state index < -0.39 is 11.9 Å². The lowest BCUT2D eigenvalue weighted by Crippen LogP contribution is -2.40. The minimum absolute atomic E-state index is 0.108. The maximum atomic E-state index is 11.0. The maximum Gasteiger partial charge on any atom is 0.310 e. The molecule has 0 aliphatic carbocycles. The summed E-state index contributed by atoms with van der Waals surface area (Å²) in [7, 11) is 1.88. The van der Waals surface area contributed by atoms with E-state index in [0.29, 0.717) is 13.2 Å². The zero-order chi connectivity index (χ0) is 12.4. The van der Waals surface area contributed by atoms with Crippen LogP contribution in [-0.2, 0) is 16.1 Å². The van der Waals surface area contributed by atoms with Crippen molar-refractivity contribution in [3.8, 4) is 0 Å². The highest BCUT2D eigenvalue weighted by atomic mass is 16.5. The first-order valence-corrected chi connectivity index (χ1v) is 5.49. The first kappa shape index (κ1) is 12.1. The Bertz CT molecular complexity index is 404. The number of oxazole rings is 1. The number of carboxylic acids is 1. The quantitative estimate of drug-likeness (QED) is 0.826. The second-order valence-electron chi connectivity index (χ2n) is 4.32. The van der Waals surface area contributed by atoms with Crippen molar-refractivity contribution in [2.75, 3.05) is 20.3 Å². The Morgan fingerprint density at radius 3 is 3.00 bits per heavy atom. The van der Waals surface area contributed by atoms with Gasteiger partial charge < -0.3 is 14.3 Å². The van der Waals surface area contributed by atoms with Crippen LogP contribution < -0.4 is 0 Å². The summed E-state index contributed by atoms with van der Waals surface area (Å²) in [5.41, 5.74) is 0.837. The molecule has 0 aromatic carbocycles. The van der Waals surface area contributed by atoms with Gasteiger partial charge in [-0.1, -0.05) is 0 Å². The topological polar surface area (TPSA) is 75.8 Å². The van der Waals surface area contributed by atoms with E-state index in [-0.39, 0.29) is 12.6 Å². The summed E-state index contributed by atoms with van der Waals surface area (Å²) in [5, 5.41) is 9.07. The van der Waals surface area contributed by atoms with Crippen LogP contribution in [0, 0.1) is 12.8 Å². The number of rotatable bonds is 4. The molecule has 2 atom stereocenters. The predicted molar refractivity (Wildman–Crippen MR) is 58.4 cm³/mol. The van der Waals surface area contributed by atoms with Crippen molar-refractivity contribution in [1.82, 2.24) is 9.88 Å². The van der Waals surface area contributed by atoms with Crippen molar-refractivity contribution in [2.45, 2.75) is 19.5 Å². The Labute approximate surface area is 99.2 Å². The van der Waals surface area contributed by atoms with E-state index in [1.54, 1.807) is 0 Å². The first-order valence-electron chi connectivity index (χ1n) is 5.49. The van der Waals surface area contributed by atoms with Crippen molar-refractivity contribution >= 4 is 5.97 Å². The summed E-state index contributed by atoms with van der Waals surface area (Å²) in [4.78, 5) is 17.1. The van der Waals surface area contributed by atoms with E-state index in [4.69, 9.17) is 14.3 Å². The molecule has 6 nitrogen and oxygen atoms in total. The molecule has 2 heterocycles. The molecule has 1 aliphatic rings. The number of aromatic nitrogens is 1. The highest BCUT2D eigenvalue weighted by Gasteiger charge is 2.36. The van der Waals surface area contributed by atoms with Crippen LogP contribution in [0.2, 0.25) is 0 Å². The number of carbonyl (C=O) groups is 1. The van der Waals surface area contributed by atoms with Gasteiger partial charge in [-0.2, -0.15) is 0 Å². The highest BCUT2D eigenvalue weighted by Crippen LogP contribution is 2.21. The van der Waals surface area contributed by atoms with Crippen LogP contribution in [0.5, 0.6) is 0 Å². The molecular formula is C11H16N2O4. The maximum absolute atomic E-state index is 11.0. The zero-order valence-corrected chi connectivity index (χ0v) is 9.92. The Kier molecular flexibility index (Phi) is 3.44. The van der Waals surface area contributed by atoms with E-state index in [9.17, 15) is 4.79 Å². The van der Waals surface area contributed by atoms with Gasteiger partial charge in [-0.15, -0.1) is 0 Å². The van der Waals surface area contributed by atoms with Crippen LogP contribution in [0.4, 0.5) is 0 Å². The molecule has 1 N–H and O–H groups in total. The average Bonchev–Trinajstić information content (AvgIpc) is 2.87. The minimum Gasteiger partial charge on any atom is -0.481 e. The Morgan fingerprint density at radius 1 is 1.65 bits per heavy atom. The summed E-state index contributed by atoms with van der Waals surface area (Å²) in [6.45, 7) is 3.14. The van der Waals surface area contributed by atoms with Crippen LogP contribution in [0.3, 0.4) is 0 Å². The van der Waals surface area contributed by atoms with Crippen molar-refractivity contribution in [3.63, 3.8) is 0 Å². The van der Waals surface area contributed by atoms with E-state index in [1.165, 1.54) is 6.39 Å². The second kappa shape index (κ2) is 4.85. The normalized spacial score (nSPS) is 24.4. The van der Waals surface area contributed by atoms with Gasteiger partial charge in [0, 0.05) is 12.6 Å². The molecule has 0 radical (unpaired) electrons. The molecule has 0 saturated carbocycles. The molecule has 1 aliphatic heterocycles. The van der Waals surface area contributed by atoms with Crippen molar-refractivity contribution < 1.29 is 19.1 Å². The van der Waals surface area contributed by atoms with Crippen molar-refractivity contribution in [1.29, 1.82) is 0 Å². The number of ether oxygens (including phenoxy) is 1. The lowest BCUT2D eigenvalue weighted by atomic mass is 10.0. The third-order valence-corrected chi connectivity index (χ3v) is 3.18. The van der Waals surface area contributed by atoms with Gasteiger partial charge in [-0.25, -0.2) is 4.98 Å². The average molecular weight is 240 g/mol. The van der Waals surface area contributed by atoms with E-state index in [1.807, 2.05) is 18.9 Å². The summed E-state index contributed by atoms with van der Waals surface area (Å²) in [5.74, 6) is -0.508. The van der Waals surface area contributed by atoms with Crippen molar-refractivity contribution in [2.24, 2.45) is 5.92 Å². The Hall–Kier alpha value is -1.40. The molecule has 94 valence electrons. The Balaban J connectivity index is 2.02. The van der Waals surface area contributed by atoms with Gasteiger partial charge >= 0.3 is 5.97 Å². The molecule has 2 rings (SSSR count). The van der Waals surface area contributed by atoms with Crippen molar-refractivity contribution in [3.05, 3.63) is 17.8 Å². The van der Waals surface area contributed by atoms with Crippen LogP contribution in [0.15, 0.2) is 10.8 Å². The van der Waals surface area contributed by atoms with E-state index in [2.05, 4.69) is 4.98 Å². The van der Waals surface area contributed by atoms with Crippen LogP contribution in [-0.4, -0.2) is 47.3 Å². The van der Waals surface area contributed by atoms with Gasteiger partial charge in [0.15, 0.2) is 6.39 Å². The number of likely N-dealkylation sites (N-methyl/N-ethyl adjacent to an activating group) is 1. The van der Waals surface area contributed by atoms with Gasteiger partial charge in [0.05, 0.1) is 24.8 Å². The fourth-order valence-electron chi connectivity index (χ4n) is 2.05. The van der Waals surface area contributed by atoms with Gasteiger partial charge in [0.2, 0.25) is 0 Å². The molecule has 1 fully saturated rings. The molecule has 1 aromatic heterocycles. The highest BCUT2D eigenvalue weighted by molar-refractivity contribution is 5.71. The van der Waals surface area contributed by atoms with Gasteiger partial charge in [0.1, 0.15) is 5.76 Å². The molecule has 1 saturated heterocycles. The molecule has 0 spiro atoms. The van der Waals surface area contributed by atoms with E-state index >= 15 is 0 Å². The fourth-order valence-corrected chi connectivity index (χ4v) is 2.05. The lowest BCUT2D eigenvalue weighted by Gasteiger charge is -2.25. The third kappa shape index (κ3) is 2.48. The van der Waals surface area contributed by atoms with Gasteiger partial charge in [-0.05, 0) is 14.0 Å². The monoisotopic (exact) mass is 240 g/mol. The standard InChI is InChI=1S/C11H16N2O4/c1-7-9(12-6-17-7)3-13(2)10-5-16-4-8(10)11(14)15/h6,8,10H,3-5H2,1-2H3,(H,14,15). The largest absolute Gasteiger partial charge is 0.481 e. The third-order valence-electron chi connectivity index (χ3n) is 3.18. The molecule has 2 unspecified atom stereocenters. The first-order chi connectivity index (χ1) is 8.09. The smallest absolute Gasteiger partial charge is 0.310 e. The van der Waals surface area contributed by atoms with Crippen LogP contribution >= 0.6 is 0 Å². The van der Waals surface area contributed by atoms with Crippen LogP contribution in [0.25, 0.3) is 0 Å². The summed E-state index contributed by atoms with van der Waals surface area (Å²) in [6.07, 6.45) is 1.40. The number of hydrogen-bond donors (Lipinski definition) is 1. The molecular weight excluding hydrogens is 224 g/mol. The molecule has 6 heteroatoms. The molecule has 0 amide bonds. The summed E-state index contributed by atoms with van der Waals surface area (Å²) in [6, 6.07) is -0.108. The predicted octanol–water partition coefficient (Wildman–Crippen LogP) is 0.514. The zero-order valence-electron chi connectivity index (χ0n) is 9.92. The number of aliphatic carboxylic acids is 1. The van der Waals surface area contributed by atoms with Crippen LogP contribution in [0.1, 0.15) is 11.5 Å². The molecule has 1 aromatic rings. The Morgan fingerprint density at radius 2 is 2.41 bits per heavy atom. The van der Waals surface area contributed by atoms with E-state index in [0.717, 1.165) is 11.5 Å². The van der Waals surface area contributed by atoms with Gasteiger partial charge in [0.25, 0.3) is 0 Å². The second-order valence-corrected chi connectivity index (χ2v) is 4.32. The molecule has 17 heavy (non-hydrogen) atoms.